The van der Waals surface area contributed by atoms with Crippen LogP contribution in [-0.4, -0.2) is 43.0 Å². The highest BCUT2D eigenvalue weighted by Crippen LogP contribution is 2.34. The van der Waals surface area contributed by atoms with Crippen molar-refractivity contribution >= 4 is 17.1 Å². The van der Waals surface area contributed by atoms with E-state index in [9.17, 15) is 4.79 Å². The number of ketones is 1. The van der Waals surface area contributed by atoms with E-state index in [0.29, 0.717) is 17.4 Å². The highest BCUT2D eigenvalue weighted by Gasteiger charge is 2.33. The molecule has 0 unspecified atom stereocenters. The first kappa shape index (κ1) is 18.5. The number of hydrogen-bond acceptors (Lipinski definition) is 5. The van der Waals surface area contributed by atoms with Crippen LogP contribution in [0.15, 0.2) is 35.0 Å². The molecular formula is C22H27NO3S. The van der Waals surface area contributed by atoms with Crippen LogP contribution in [0.1, 0.15) is 54.4 Å². The predicted octanol–water partition coefficient (Wildman–Crippen LogP) is 4.77. The van der Waals surface area contributed by atoms with Gasteiger partial charge in [-0.05, 0) is 74.8 Å². The average Bonchev–Trinajstić information content (AvgIpc) is 3.42. The number of ether oxygens (including phenoxy) is 2. The lowest BCUT2D eigenvalue weighted by Gasteiger charge is -2.38. The zero-order valence-corrected chi connectivity index (χ0v) is 16.7. The zero-order chi connectivity index (χ0) is 18.6. The lowest BCUT2D eigenvalue weighted by atomic mass is 9.91. The minimum absolute atomic E-state index is 0.0220. The van der Waals surface area contributed by atoms with Crippen molar-refractivity contribution in [2.75, 3.05) is 20.2 Å². The van der Waals surface area contributed by atoms with Crippen molar-refractivity contribution in [2.24, 2.45) is 0 Å². The molecule has 1 saturated carbocycles. The van der Waals surface area contributed by atoms with E-state index in [-0.39, 0.29) is 11.9 Å². The molecule has 0 spiro atoms. The van der Waals surface area contributed by atoms with Crippen LogP contribution in [0, 0.1) is 0 Å². The fourth-order valence-electron chi connectivity index (χ4n) is 4.34. The van der Waals surface area contributed by atoms with Crippen molar-refractivity contribution in [1.29, 1.82) is 0 Å². The summed E-state index contributed by atoms with van der Waals surface area (Å²) in [5.41, 5.74) is 1.36. The van der Waals surface area contributed by atoms with Gasteiger partial charge in [0.25, 0.3) is 0 Å². The number of benzene rings is 1. The molecular weight excluding hydrogens is 358 g/mol. The Morgan fingerprint density at radius 3 is 2.59 bits per heavy atom. The number of carbonyl (C=O) groups is 1. The molecule has 2 heterocycles. The molecule has 27 heavy (non-hydrogen) atoms. The Morgan fingerprint density at radius 1 is 1.04 bits per heavy atom. The number of thiophene rings is 1. The van der Waals surface area contributed by atoms with E-state index in [1.165, 1.54) is 56.5 Å². The van der Waals surface area contributed by atoms with Crippen LogP contribution < -0.4 is 9.47 Å². The van der Waals surface area contributed by atoms with Crippen LogP contribution in [-0.2, 0) is 0 Å². The highest BCUT2D eigenvalue weighted by molar-refractivity contribution is 7.08. The maximum Gasteiger partial charge on any atom is 0.193 e. The summed E-state index contributed by atoms with van der Waals surface area (Å²) >= 11 is 1.53. The van der Waals surface area contributed by atoms with Gasteiger partial charge in [-0.3, -0.25) is 9.69 Å². The lowest BCUT2D eigenvalue weighted by Crippen LogP contribution is -2.46. The molecule has 0 N–H and O–H groups in total. The second kappa shape index (κ2) is 8.44. The Bertz CT molecular complexity index is 768. The quantitative estimate of drug-likeness (QED) is 0.671. The van der Waals surface area contributed by atoms with Crippen LogP contribution in [0.3, 0.4) is 0 Å². The van der Waals surface area contributed by atoms with Gasteiger partial charge in [-0.2, -0.15) is 11.3 Å². The molecule has 2 aromatic rings. The third-order valence-electron chi connectivity index (χ3n) is 5.76. The molecule has 1 saturated heterocycles. The number of likely N-dealkylation sites (tertiary alicyclic amines) is 1. The Morgan fingerprint density at radius 2 is 1.85 bits per heavy atom. The summed E-state index contributed by atoms with van der Waals surface area (Å²) in [4.78, 5) is 15.2. The van der Waals surface area contributed by atoms with Crippen LogP contribution in [0.2, 0.25) is 0 Å². The second-order valence-electron chi connectivity index (χ2n) is 7.46. The summed E-state index contributed by atoms with van der Waals surface area (Å²) in [7, 11) is 1.64. The molecule has 4 rings (SSSR count). The molecule has 2 aliphatic rings. The SMILES string of the molecule is COc1cc(C(=O)c2ccsc2)ccc1O[C@@H]1CCCC[C@H]1N1CCCC1. The van der Waals surface area contributed by atoms with Crippen molar-refractivity contribution in [3.63, 3.8) is 0 Å². The minimum Gasteiger partial charge on any atom is -0.493 e. The summed E-state index contributed by atoms with van der Waals surface area (Å²) in [5, 5.41) is 3.80. The van der Waals surface area contributed by atoms with Crippen molar-refractivity contribution in [3.05, 3.63) is 46.2 Å². The summed E-state index contributed by atoms with van der Waals surface area (Å²) in [6.07, 6.45) is 7.58. The van der Waals surface area contributed by atoms with Gasteiger partial charge < -0.3 is 9.47 Å². The van der Waals surface area contributed by atoms with Gasteiger partial charge in [0.2, 0.25) is 0 Å². The molecule has 5 heteroatoms. The van der Waals surface area contributed by atoms with Crippen molar-refractivity contribution < 1.29 is 14.3 Å². The molecule has 1 aliphatic heterocycles. The summed E-state index contributed by atoms with van der Waals surface area (Å²) in [6.45, 7) is 2.38. The van der Waals surface area contributed by atoms with Crippen molar-refractivity contribution in [1.82, 2.24) is 4.90 Å². The Labute approximate surface area is 165 Å². The van der Waals surface area contributed by atoms with Crippen molar-refractivity contribution in [2.45, 2.75) is 50.7 Å². The fourth-order valence-corrected chi connectivity index (χ4v) is 4.97. The maximum absolute atomic E-state index is 12.6. The summed E-state index contributed by atoms with van der Waals surface area (Å²) in [6, 6.07) is 7.91. The minimum atomic E-state index is 0.0220. The number of hydrogen-bond donors (Lipinski definition) is 0. The topological polar surface area (TPSA) is 38.8 Å². The highest BCUT2D eigenvalue weighted by atomic mass is 32.1. The van der Waals surface area contributed by atoms with Crippen LogP contribution in [0.4, 0.5) is 0 Å². The van der Waals surface area contributed by atoms with E-state index in [4.69, 9.17) is 9.47 Å². The number of nitrogens with zero attached hydrogens (tertiary/aromatic N) is 1. The normalized spacial score (nSPS) is 23.3. The monoisotopic (exact) mass is 385 g/mol. The van der Waals surface area contributed by atoms with Crippen LogP contribution in [0.25, 0.3) is 0 Å². The van der Waals surface area contributed by atoms with E-state index in [1.807, 2.05) is 35.0 Å². The summed E-state index contributed by atoms with van der Waals surface area (Å²) < 4.78 is 12.0. The van der Waals surface area contributed by atoms with E-state index < -0.39 is 0 Å². The predicted molar refractivity (Wildman–Crippen MR) is 108 cm³/mol. The molecule has 1 aliphatic carbocycles. The van der Waals surface area contributed by atoms with Gasteiger partial charge in [-0.1, -0.05) is 6.42 Å². The molecule has 4 nitrogen and oxygen atoms in total. The Kier molecular flexibility index (Phi) is 5.79. The smallest absolute Gasteiger partial charge is 0.193 e. The first-order valence-electron chi connectivity index (χ1n) is 9.92. The van der Waals surface area contributed by atoms with E-state index >= 15 is 0 Å². The third kappa shape index (κ3) is 4.04. The Hall–Kier alpha value is -1.85. The zero-order valence-electron chi connectivity index (χ0n) is 15.9. The molecule has 2 fully saturated rings. The van der Waals surface area contributed by atoms with Crippen LogP contribution in [0.5, 0.6) is 11.5 Å². The van der Waals surface area contributed by atoms with Gasteiger partial charge in [-0.15, -0.1) is 0 Å². The largest absolute Gasteiger partial charge is 0.493 e. The maximum atomic E-state index is 12.6. The molecule has 1 aromatic heterocycles. The fraction of sp³-hybridized carbons (Fsp3) is 0.500. The van der Waals surface area contributed by atoms with Crippen molar-refractivity contribution in [3.8, 4) is 11.5 Å². The number of rotatable bonds is 6. The lowest BCUT2D eigenvalue weighted by molar-refractivity contribution is 0.0468. The standard InChI is InChI=1S/C22H27NO3S/c1-25-21-14-16(22(24)17-10-13-27-15-17)8-9-20(21)26-19-7-3-2-6-18(19)23-11-4-5-12-23/h8-10,13-15,18-19H,2-7,11-12H2,1H3/t18-,19-/m1/s1. The molecule has 2 atom stereocenters. The van der Waals surface area contributed by atoms with Gasteiger partial charge in [0.1, 0.15) is 6.10 Å². The molecule has 0 amide bonds. The first-order valence-corrected chi connectivity index (χ1v) is 10.9. The van der Waals surface area contributed by atoms with E-state index in [1.54, 1.807) is 7.11 Å². The Balaban J connectivity index is 1.53. The van der Waals surface area contributed by atoms with E-state index in [0.717, 1.165) is 17.7 Å². The van der Waals surface area contributed by atoms with E-state index in [2.05, 4.69) is 4.90 Å². The van der Waals surface area contributed by atoms with Gasteiger partial charge in [0, 0.05) is 22.5 Å². The second-order valence-corrected chi connectivity index (χ2v) is 8.24. The molecule has 0 bridgehead atoms. The average molecular weight is 386 g/mol. The molecule has 0 radical (unpaired) electrons. The van der Waals surface area contributed by atoms with Gasteiger partial charge >= 0.3 is 0 Å². The van der Waals surface area contributed by atoms with Gasteiger partial charge in [0.15, 0.2) is 17.3 Å². The van der Waals surface area contributed by atoms with Gasteiger partial charge in [-0.25, -0.2) is 0 Å². The molecule has 144 valence electrons. The number of carbonyl (C=O) groups excluding carboxylic acids is 1. The first-order chi connectivity index (χ1) is 13.3. The summed E-state index contributed by atoms with van der Waals surface area (Å²) in [5.74, 6) is 1.41. The third-order valence-corrected chi connectivity index (χ3v) is 6.45. The van der Waals surface area contributed by atoms with Crippen LogP contribution >= 0.6 is 11.3 Å². The van der Waals surface area contributed by atoms with Gasteiger partial charge in [0.05, 0.1) is 7.11 Å². The number of methoxy groups -OCH3 is 1. The molecule has 1 aromatic carbocycles.